The summed E-state index contributed by atoms with van der Waals surface area (Å²) < 4.78 is 45.2. The van der Waals surface area contributed by atoms with Gasteiger partial charge in [-0.25, -0.2) is 13.8 Å². The smallest absolute Gasteiger partial charge is 0.262 e. The maximum absolute atomic E-state index is 14.9. The van der Waals surface area contributed by atoms with Crippen LogP contribution < -0.4 is 9.47 Å². The monoisotopic (exact) mass is 537 g/mol. The van der Waals surface area contributed by atoms with Gasteiger partial charge in [-0.1, -0.05) is 30.3 Å². The van der Waals surface area contributed by atoms with Gasteiger partial charge >= 0.3 is 0 Å². The van der Waals surface area contributed by atoms with E-state index in [0.29, 0.717) is 22.8 Å². The number of carbonyl (C=O) groups excluding carboxylic acids is 2. The van der Waals surface area contributed by atoms with Crippen molar-refractivity contribution in [1.82, 2.24) is 9.91 Å². The van der Waals surface area contributed by atoms with Crippen LogP contribution in [-0.2, 0) is 9.53 Å². The number of amides is 2. The maximum Gasteiger partial charge on any atom is 0.262 e. The van der Waals surface area contributed by atoms with Crippen LogP contribution in [0.15, 0.2) is 71.8 Å². The minimum absolute atomic E-state index is 0.0382. The molecule has 0 unspecified atom stereocenters. The SMILES string of the molecule is COCCN(CC(=O)N1N=C(c2ccc(OC)cc2OC)C[C@H]1c1ccccc1F)C(=O)c1ccccc1F. The number of benzene rings is 3. The zero-order valence-electron chi connectivity index (χ0n) is 21.9. The summed E-state index contributed by atoms with van der Waals surface area (Å²) in [6.45, 7) is -0.254. The zero-order valence-corrected chi connectivity index (χ0v) is 21.9. The molecule has 1 aliphatic heterocycles. The minimum atomic E-state index is -0.770. The van der Waals surface area contributed by atoms with Gasteiger partial charge in [0.2, 0.25) is 0 Å². The Balaban J connectivity index is 1.69. The predicted molar refractivity (Wildman–Crippen MR) is 141 cm³/mol. The van der Waals surface area contributed by atoms with Crippen molar-refractivity contribution in [2.75, 3.05) is 41.0 Å². The highest BCUT2D eigenvalue weighted by molar-refractivity contribution is 6.05. The number of hydrogen-bond acceptors (Lipinski definition) is 6. The zero-order chi connectivity index (χ0) is 27.9. The van der Waals surface area contributed by atoms with Crippen molar-refractivity contribution in [2.45, 2.75) is 12.5 Å². The van der Waals surface area contributed by atoms with Crippen LogP contribution in [0, 0.1) is 11.6 Å². The van der Waals surface area contributed by atoms with Crippen molar-refractivity contribution in [3.05, 3.63) is 95.1 Å². The van der Waals surface area contributed by atoms with E-state index in [0.717, 1.165) is 0 Å². The Morgan fingerprint density at radius 2 is 1.69 bits per heavy atom. The van der Waals surface area contributed by atoms with Gasteiger partial charge in [0.1, 0.15) is 29.7 Å². The molecule has 8 nitrogen and oxygen atoms in total. The molecular formula is C29H29F2N3O5. The van der Waals surface area contributed by atoms with E-state index in [1.165, 1.54) is 55.5 Å². The lowest BCUT2D eigenvalue weighted by molar-refractivity contribution is -0.133. The summed E-state index contributed by atoms with van der Waals surface area (Å²) in [4.78, 5) is 28.1. The van der Waals surface area contributed by atoms with Crippen molar-refractivity contribution >= 4 is 17.5 Å². The third-order valence-corrected chi connectivity index (χ3v) is 6.43. The summed E-state index contributed by atoms with van der Waals surface area (Å²) in [6.07, 6.45) is 0.203. The Labute approximate surface area is 225 Å². The summed E-state index contributed by atoms with van der Waals surface area (Å²) in [7, 11) is 4.50. The fourth-order valence-electron chi connectivity index (χ4n) is 4.42. The van der Waals surface area contributed by atoms with E-state index in [1.54, 1.807) is 42.5 Å². The summed E-state index contributed by atoms with van der Waals surface area (Å²) in [6, 6.07) is 16.1. The highest BCUT2D eigenvalue weighted by Gasteiger charge is 2.36. The summed E-state index contributed by atoms with van der Waals surface area (Å²) in [5, 5.41) is 5.76. The molecule has 39 heavy (non-hydrogen) atoms. The highest BCUT2D eigenvalue weighted by Crippen LogP contribution is 2.37. The van der Waals surface area contributed by atoms with E-state index < -0.39 is 36.0 Å². The number of methoxy groups -OCH3 is 3. The number of ether oxygens (including phenoxy) is 3. The molecule has 1 atom stereocenters. The normalized spacial score (nSPS) is 14.6. The van der Waals surface area contributed by atoms with Crippen LogP contribution in [-0.4, -0.2) is 68.5 Å². The Kier molecular flexibility index (Phi) is 8.88. The molecule has 1 heterocycles. The number of halogens is 2. The number of hydrogen-bond donors (Lipinski definition) is 0. The van der Waals surface area contributed by atoms with Gasteiger partial charge < -0.3 is 19.1 Å². The lowest BCUT2D eigenvalue weighted by Gasteiger charge is -2.27. The predicted octanol–water partition coefficient (Wildman–Crippen LogP) is 4.45. The number of hydrazone groups is 1. The number of nitrogens with zero attached hydrogens (tertiary/aromatic N) is 3. The topological polar surface area (TPSA) is 80.7 Å². The Bertz CT molecular complexity index is 1380. The molecule has 0 saturated carbocycles. The summed E-state index contributed by atoms with van der Waals surface area (Å²) in [5.74, 6) is -1.36. The first-order valence-electron chi connectivity index (χ1n) is 12.3. The maximum atomic E-state index is 14.9. The Hall–Kier alpha value is -4.31. The first-order valence-corrected chi connectivity index (χ1v) is 12.3. The summed E-state index contributed by atoms with van der Waals surface area (Å²) >= 11 is 0. The van der Waals surface area contributed by atoms with Crippen molar-refractivity contribution in [3.8, 4) is 11.5 Å². The van der Waals surface area contributed by atoms with Crippen molar-refractivity contribution in [2.24, 2.45) is 5.10 Å². The molecular weight excluding hydrogens is 508 g/mol. The first-order chi connectivity index (χ1) is 18.9. The fourth-order valence-corrected chi connectivity index (χ4v) is 4.42. The molecule has 204 valence electrons. The van der Waals surface area contributed by atoms with E-state index in [2.05, 4.69) is 5.10 Å². The van der Waals surface area contributed by atoms with Crippen molar-refractivity contribution in [3.63, 3.8) is 0 Å². The number of rotatable bonds is 10. The van der Waals surface area contributed by atoms with Gasteiger partial charge in [0.05, 0.1) is 38.1 Å². The minimum Gasteiger partial charge on any atom is -0.497 e. The van der Waals surface area contributed by atoms with Gasteiger partial charge in [-0.3, -0.25) is 9.59 Å². The molecule has 0 spiro atoms. The Morgan fingerprint density at radius 1 is 0.974 bits per heavy atom. The van der Waals surface area contributed by atoms with Crippen LogP contribution in [0.4, 0.5) is 8.78 Å². The van der Waals surface area contributed by atoms with Gasteiger partial charge in [0, 0.05) is 37.3 Å². The van der Waals surface area contributed by atoms with Gasteiger partial charge in [-0.2, -0.15) is 5.10 Å². The lowest BCUT2D eigenvalue weighted by Crippen LogP contribution is -2.43. The standard InChI is InChI=1S/C29H29F2N3O5/c1-37-15-14-33(29(36)21-9-5-7-11-24(21)31)18-28(35)34-26(20-8-4-6-10-23(20)30)17-25(32-34)22-13-12-19(38-2)16-27(22)39-3/h4-13,16,26H,14-15,17-18H2,1-3H3/t26-/m0/s1. The fraction of sp³-hybridized carbons (Fsp3) is 0.276. The highest BCUT2D eigenvalue weighted by atomic mass is 19.1. The van der Waals surface area contributed by atoms with Crippen molar-refractivity contribution in [1.29, 1.82) is 0 Å². The molecule has 3 aromatic rings. The quantitative estimate of drug-likeness (QED) is 0.382. The molecule has 0 N–H and O–H groups in total. The second-order valence-corrected chi connectivity index (χ2v) is 8.79. The van der Waals surface area contributed by atoms with Crippen LogP contribution >= 0.6 is 0 Å². The van der Waals surface area contributed by atoms with Crippen molar-refractivity contribution < 1.29 is 32.6 Å². The molecule has 0 bridgehead atoms. The third kappa shape index (κ3) is 6.06. The van der Waals surface area contributed by atoms with Crippen LogP contribution in [0.2, 0.25) is 0 Å². The molecule has 0 saturated heterocycles. The average Bonchev–Trinajstić information content (AvgIpc) is 3.40. The molecule has 10 heteroatoms. The van der Waals surface area contributed by atoms with Crippen LogP contribution in [0.25, 0.3) is 0 Å². The second-order valence-electron chi connectivity index (χ2n) is 8.79. The molecule has 0 radical (unpaired) electrons. The van der Waals surface area contributed by atoms with Crippen LogP contribution in [0.3, 0.4) is 0 Å². The van der Waals surface area contributed by atoms with E-state index in [-0.39, 0.29) is 30.7 Å². The van der Waals surface area contributed by atoms with Gasteiger partial charge in [-0.15, -0.1) is 0 Å². The molecule has 1 aliphatic rings. The molecule has 0 fully saturated rings. The third-order valence-electron chi connectivity index (χ3n) is 6.43. The largest absolute Gasteiger partial charge is 0.497 e. The van der Waals surface area contributed by atoms with E-state index >= 15 is 0 Å². The van der Waals surface area contributed by atoms with Gasteiger partial charge in [0.25, 0.3) is 11.8 Å². The van der Waals surface area contributed by atoms with E-state index in [4.69, 9.17) is 14.2 Å². The molecule has 2 amide bonds. The average molecular weight is 538 g/mol. The van der Waals surface area contributed by atoms with Gasteiger partial charge in [0.15, 0.2) is 0 Å². The molecule has 0 aromatic heterocycles. The Morgan fingerprint density at radius 3 is 2.36 bits per heavy atom. The van der Waals surface area contributed by atoms with Crippen LogP contribution in [0.1, 0.15) is 33.9 Å². The molecule has 3 aromatic carbocycles. The van der Waals surface area contributed by atoms with Gasteiger partial charge in [-0.05, 0) is 30.3 Å². The lowest BCUT2D eigenvalue weighted by atomic mass is 9.97. The molecule has 0 aliphatic carbocycles. The molecule has 4 rings (SSSR count). The summed E-state index contributed by atoms with van der Waals surface area (Å²) in [5.41, 5.74) is 1.23. The van der Waals surface area contributed by atoms with E-state index in [1.807, 2.05) is 0 Å². The second kappa shape index (κ2) is 12.5. The first kappa shape index (κ1) is 27.7. The van der Waals surface area contributed by atoms with E-state index in [9.17, 15) is 18.4 Å². The van der Waals surface area contributed by atoms with Crippen LogP contribution in [0.5, 0.6) is 11.5 Å². The number of carbonyl (C=O) groups is 2.